The van der Waals surface area contributed by atoms with E-state index in [0.717, 1.165) is 0 Å². The third kappa shape index (κ3) is 4.52. The van der Waals surface area contributed by atoms with Gasteiger partial charge >= 0.3 is 5.97 Å². The van der Waals surface area contributed by atoms with E-state index in [1.54, 1.807) is 36.7 Å². The largest absolute Gasteiger partial charge is 0.465 e. The molecule has 0 radical (unpaired) electrons. The summed E-state index contributed by atoms with van der Waals surface area (Å²) in [6.07, 6.45) is 4.53. The van der Waals surface area contributed by atoms with Crippen molar-refractivity contribution in [3.05, 3.63) is 43.0 Å². The van der Waals surface area contributed by atoms with Crippen LogP contribution in [0.15, 0.2) is 47.9 Å². The van der Waals surface area contributed by atoms with Gasteiger partial charge in [0, 0.05) is 19.6 Å². The maximum Gasteiger partial charge on any atom is 0.309 e. The molecule has 1 aromatic carbocycles. The van der Waals surface area contributed by atoms with Crippen molar-refractivity contribution < 1.29 is 17.9 Å². The molecule has 10 nitrogen and oxygen atoms in total. The van der Waals surface area contributed by atoms with E-state index in [4.69, 9.17) is 10.5 Å². The lowest BCUT2D eigenvalue weighted by Crippen LogP contribution is -2.40. The summed E-state index contributed by atoms with van der Waals surface area (Å²) in [5.41, 5.74) is 6.98. The van der Waals surface area contributed by atoms with Crippen LogP contribution >= 0.6 is 0 Å². The lowest BCUT2D eigenvalue weighted by molar-refractivity contribution is -0.150. The second-order valence-corrected chi connectivity index (χ2v) is 9.32. The molecule has 0 aliphatic carbocycles. The number of hydrogen-bond acceptors (Lipinski definition) is 8. The van der Waals surface area contributed by atoms with E-state index in [0.29, 0.717) is 55.9 Å². The first-order valence-electron chi connectivity index (χ1n) is 10.1. The Kier molecular flexibility index (Phi) is 6.14. The van der Waals surface area contributed by atoms with Gasteiger partial charge in [0.15, 0.2) is 11.5 Å². The lowest BCUT2D eigenvalue weighted by Gasteiger charge is -2.30. The van der Waals surface area contributed by atoms with Crippen LogP contribution < -0.4 is 5.73 Å². The van der Waals surface area contributed by atoms with E-state index in [1.807, 2.05) is 4.57 Å². The molecule has 0 saturated carbocycles. The van der Waals surface area contributed by atoms with Crippen LogP contribution in [0.1, 0.15) is 19.3 Å². The van der Waals surface area contributed by atoms with Crippen LogP contribution in [0.2, 0.25) is 0 Å². The molecule has 0 spiro atoms. The number of hydrogen-bond donors (Lipinski definition) is 1. The van der Waals surface area contributed by atoms with Gasteiger partial charge in [-0.05, 0) is 31.4 Å². The Labute approximate surface area is 180 Å². The third-order valence-corrected chi connectivity index (χ3v) is 7.30. The van der Waals surface area contributed by atoms with Gasteiger partial charge in [0.25, 0.3) is 0 Å². The van der Waals surface area contributed by atoms with Crippen molar-refractivity contribution in [2.75, 3.05) is 25.4 Å². The van der Waals surface area contributed by atoms with Gasteiger partial charge < -0.3 is 15.0 Å². The predicted octanol–water partition coefficient (Wildman–Crippen LogP) is 1.44. The van der Waals surface area contributed by atoms with Crippen molar-refractivity contribution in [3.63, 3.8) is 0 Å². The van der Waals surface area contributed by atoms with Crippen molar-refractivity contribution in [3.8, 4) is 0 Å². The van der Waals surface area contributed by atoms with Gasteiger partial charge in [0.1, 0.15) is 11.8 Å². The number of sulfonamides is 1. The molecule has 0 bridgehead atoms. The lowest BCUT2D eigenvalue weighted by atomic mass is 9.98. The summed E-state index contributed by atoms with van der Waals surface area (Å²) >= 11 is 0. The molecule has 11 heteroatoms. The molecule has 0 unspecified atom stereocenters. The topological polar surface area (TPSA) is 133 Å². The summed E-state index contributed by atoms with van der Waals surface area (Å²) in [5, 5.41) is 0. The number of nitrogen functional groups attached to an aromatic ring is 1. The minimum absolute atomic E-state index is 0.265. The van der Waals surface area contributed by atoms with Crippen LogP contribution in [0, 0.1) is 5.92 Å². The molecule has 31 heavy (non-hydrogen) atoms. The maximum atomic E-state index is 12.7. The molecule has 164 valence electrons. The number of carbonyl (C=O) groups excluding carboxylic acids is 1. The van der Waals surface area contributed by atoms with E-state index < -0.39 is 10.0 Å². The Bertz CT molecular complexity index is 1160. The molecule has 1 aliphatic rings. The summed E-state index contributed by atoms with van der Waals surface area (Å²) in [4.78, 5) is 25.0. The Morgan fingerprint density at radius 3 is 2.61 bits per heavy atom. The van der Waals surface area contributed by atoms with Crippen molar-refractivity contribution in [2.45, 2.75) is 30.7 Å². The summed E-state index contributed by atoms with van der Waals surface area (Å²) in [7, 11) is -3.52. The Morgan fingerprint density at radius 2 is 1.87 bits per heavy atom. The highest BCUT2D eigenvalue weighted by molar-refractivity contribution is 7.89. The van der Waals surface area contributed by atoms with E-state index in [2.05, 4.69) is 15.0 Å². The van der Waals surface area contributed by atoms with Gasteiger partial charge in [-0.1, -0.05) is 18.2 Å². The number of esters is 1. The summed E-state index contributed by atoms with van der Waals surface area (Å²) in [5.74, 6) is -0.238. The highest BCUT2D eigenvalue weighted by Gasteiger charge is 2.32. The third-order valence-electron chi connectivity index (χ3n) is 5.39. The number of carbonyl (C=O) groups is 1. The number of aryl methyl sites for hydroxylation is 1. The number of piperidine rings is 1. The standard InChI is InChI=1S/C20H24N6O4S/c21-18-17-19(23-13-22-18)25(14-24-17)9-4-12-30-20(27)15-7-10-26(11-8-15)31(28,29)16-5-2-1-3-6-16/h1-3,5-6,13-15H,4,7-12H2,(H2,21,22,23). The van der Waals surface area contributed by atoms with E-state index >= 15 is 0 Å². The molecule has 0 atom stereocenters. The highest BCUT2D eigenvalue weighted by Crippen LogP contribution is 2.24. The summed E-state index contributed by atoms with van der Waals surface area (Å²) in [6, 6.07) is 8.34. The molecule has 2 aromatic heterocycles. The van der Waals surface area contributed by atoms with Crippen LogP contribution in [-0.2, 0) is 26.1 Å². The number of rotatable bonds is 7. The average molecular weight is 445 g/mol. The first kappa shape index (κ1) is 21.2. The van der Waals surface area contributed by atoms with Crippen LogP contribution in [-0.4, -0.2) is 57.9 Å². The summed E-state index contributed by atoms with van der Waals surface area (Å²) in [6.45, 7) is 1.45. The molecule has 4 rings (SSSR count). The fourth-order valence-corrected chi connectivity index (χ4v) is 5.15. The number of aromatic nitrogens is 4. The average Bonchev–Trinajstić information content (AvgIpc) is 3.21. The number of anilines is 1. The van der Waals surface area contributed by atoms with Crippen molar-refractivity contribution in [1.29, 1.82) is 0 Å². The Balaban J connectivity index is 1.24. The van der Waals surface area contributed by atoms with Gasteiger partial charge in [0.2, 0.25) is 10.0 Å². The number of ether oxygens (including phenoxy) is 1. The molecule has 1 fully saturated rings. The molecule has 3 heterocycles. The molecular weight excluding hydrogens is 420 g/mol. The van der Waals surface area contributed by atoms with Gasteiger partial charge in [-0.2, -0.15) is 4.31 Å². The monoisotopic (exact) mass is 444 g/mol. The SMILES string of the molecule is Nc1ncnc2c1ncn2CCCOC(=O)C1CCN(S(=O)(=O)c2ccccc2)CC1. The van der Waals surface area contributed by atoms with Gasteiger partial charge in [-0.15, -0.1) is 0 Å². The number of benzene rings is 1. The smallest absolute Gasteiger partial charge is 0.309 e. The Morgan fingerprint density at radius 1 is 1.13 bits per heavy atom. The van der Waals surface area contributed by atoms with Crippen LogP contribution in [0.4, 0.5) is 5.82 Å². The van der Waals surface area contributed by atoms with Gasteiger partial charge in [-0.3, -0.25) is 4.79 Å². The van der Waals surface area contributed by atoms with E-state index in [9.17, 15) is 13.2 Å². The van der Waals surface area contributed by atoms with Crippen molar-refractivity contribution in [1.82, 2.24) is 23.8 Å². The van der Waals surface area contributed by atoms with Crippen LogP contribution in [0.25, 0.3) is 11.2 Å². The fraction of sp³-hybridized carbons (Fsp3) is 0.400. The second kappa shape index (κ2) is 8.98. The van der Waals surface area contributed by atoms with Gasteiger partial charge in [0.05, 0.1) is 23.7 Å². The molecule has 0 amide bonds. The zero-order valence-electron chi connectivity index (χ0n) is 16.9. The first-order chi connectivity index (χ1) is 15.0. The fourth-order valence-electron chi connectivity index (χ4n) is 3.66. The minimum Gasteiger partial charge on any atom is -0.465 e. The van der Waals surface area contributed by atoms with Crippen LogP contribution in [0.5, 0.6) is 0 Å². The molecule has 3 aromatic rings. The van der Waals surface area contributed by atoms with Crippen molar-refractivity contribution in [2.24, 2.45) is 5.92 Å². The molecule has 1 aliphatic heterocycles. The zero-order chi connectivity index (χ0) is 21.8. The number of fused-ring (bicyclic) bond motifs is 1. The van der Waals surface area contributed by atoms with Crippen LogP contribution in [0.3, 0.4) is 0 Å². The first-order valence-corrected chi connectivity index (χ1v) is 11.5. The molecule has 2 N–H and O–H groups in total. The maximum absolute atomic E-state index is 12.7. The number of nitrogens with zero attached hydrogens (tertiary/aromatic N) is 5. The van der Waals surface area contributed by atoms with Crippen molar-refractivity contribution >= 4 is 33.0 Å². The van der Waals surface area contributed by atoms with Gasteiger partial charge in [-0.25, -0.2) is 23.4 Å². The second-order valence-electron chi connectivity index (χ2n) is 7.38. The minimum atomic E-state index is -3.52. The predicted molar refractivity (Wildman–Crippen MR) is 113 cm³/mol. The number of imidazole rings is 1. The molecule has 1 saturated heterocycles. The quantitative estimate of drug-likeness (QED) is 0.427. The summed E-state index contributed by atoms with van der Waals surface area (Å²) < 4.78 is 34.1. The number of nitrogens with two attached hydrogens (primary N) is 1. The molecular formula is C20H24N6O4S. The normalized spacial score (nSPS) is 15.9. The van der Waals surface area contributed by atoms with E-state index in [1.165, 1.54) is 10.6 Å². The highest BCUT2D eigenvalue weighted by atomic mass is 32.2. The zero-order valence-corrected chi connectivity index (χ0v) is 17.7. The Hall–Kier alpha value is -3.05. The van der Waals surface area contributed by atoms with E-state index in [-0.39, 0.29) is 23.4 Å².